The molecule has 6 heteroatoms. The molecule has 0 atom stereocenters. The molecule has 1 aromatic rings. The van der Waals surface area contributed by atoms with Gasteiger partial charge < -0.3 is 19.7 Å². The molecule has 0 spiro atoms. The van der Waals surface area contributed by atoms with Crippen LogP contribution in [0, 0.1) is 0 Å². The third-order valence-electron chi connectivity index (χ3n) is 3.30. The summed E-state index contributed by atoms with van der Waals surface area (Å²) in [5.41, 5.74) is 1.17. The molecule has 0 heterocycles. The van der Waals surface area contributed by atoms with E-state index in [1.165, 1.54) is 5.56 Å². The first kappa shape index (κ1) is 18.8. The van der Waals surface area contributed by atoms with Crippen molar-refractivity contribution in [1.29, 1.82) is 0 Å². The second kappa shape index (κ2) is 10.5. The molecule has 0 aliphatic rings. The molecule has 1 rings (SSSR count). The highest BCUT2D eigenvalue weighted by Gasteiger charge is 2.07. The summed E-state index contributed by atoms with van der Waals surface area (Å²) in [4.78, 5) is 17.6. The van der Waals surface area contributed by atoms with Crippen LogP contribution in [0.2, 0.25) is 0 Å². The van der Waals surface area contributed by atoms with E-state index in [9.17, 15) is 4.79 Å². The molecule has 0 fully saturated rings. The Labute approximate surface area is 138 Å². The zero-order chi connectivity index (χ0) is 17.1. The van der Waals surface area contributed by atoms with Crippen molar-refractivity contribution in [3.05, 3.63) is 29.8 Å². The van der Waals surface area contributed by atoms with Crippen molar-refractivity contribution in [2.75, 3.05) is 34.4 Å². The minimum Gasteiger partial charge on any atom is -0.497 e. The number of rotatable bonds is 8. The van der Waals surface area contributed by atoms with Gasteiger partial charge >= 0.3 is 5.97 Å². The third-order valence-corrected chi connectivity index (χ3v) is 3.30. The highest BCUT2D eigenvalue weighted by atomic mass is 16.5. The lowest BCUT2D eigenvalue weighted by molar-refractivity contribution is -0.143. The van der Waals surface area contributed by atoms with Gasteiger partial charge in [0, 0.05) is 33.6 Å². The van der Waals surface area contributed by atoms with Gasteiger partial charge in [0.05, 0.1) is 13.7 Å². The van der Waals surface area contributed by atoms with Gasteiger partial charge in [0.1, 0.15) is 5.75 Å². The maximum Gasteiger partial charge on any atom is 0.305 e. The van der Waals surface area contributed by atoms with E-state index in [-0.39, 0.29) is 5.97 Å². The number of hydrogen-bond donors (Lipinski definition) is 1. The molecular weight excluding hydrogens is 294 g/mol. The van der Waals surface area contributed by atoms with Gasteiger partial charge in [-0.2, -0.15) is 0 Å². The molecular formula is C17H27N3O3. The summed E-state index contributed by atoms with van der Waals surface area (Å²) in [5.74, 6) is 1.48. The van der Waals surface area contributed by atoms with Crippen molar-refractivity contribution in [2.45, 2.75) is 26.3 Å². The van der Waals surface area contributed by atoms with E-state index < -0.39 is 0 Å². The maximum atomic E-state index is 11.3. The Morgan fingerprint density at radius 1 is 1.30 bits per heavy atom. The molecule has 0 aliphatic heterocycles. The highest BCUT2D eigenvalue weighted by Crippen LogP contribution is 2.12. The number of nitrogens with one attached hydrogen (secondary N) is 1. The molecule has 0 saturated carbocycles. The number of benzene rings is 1. The van der Waals surface area contributed by atoms with Crippen molar-refractivity contribution >= 4 is 11.9 Å². The lowest BCUT2D eigenvalue weighted by atomic mass is 10.2. The fraction of sp³-hybridized carbons (Fsp3) is 0.529. The normalized spacial score (nSPS) is 11.0. The Morgan fingerprint density at radius 3 is 2.57 bits per heavy atom. The number of esters is 1. The summed E-state index contributed by atoms with van der Waals surface area (Å²) in [6, 6.07) is 7.95. The summed E-state index contributed by atoms with van der Waals surface area (Å²) in [5, 5.41) is 3.25. The molecule has 0 aromatic heterocycles. The molecule has 0 aliphatic carbocycles. The number of methoxy groups -OCH3 is 1. The predicted octanol–water partition coefficient (Wildman–Crippen LogP) is 2.05. The van der Waals surface area contributed by atoms with E-state index in [1.54, 1.807) is 14.2 Å². The number of carbonyl (C=O) groups excluding carboxylic acids is 1. The molecule has 1 N–H and O–H groups in total. The first-order chi connectivity index (χ1) is 11.1. The summed E-state index contributed by atoms with van der Waals surface area (Å²) in [6.07, 6.45) is 1.13. The summed E-state index contributed by atoms with van der Waals surface area (Å²) in [6.45, 7) is 3.66. The first-order valence-corrected chi connectivity index (χ1v) is 7.81. The van der Waals surface area contributed by atoms with Crippen LogP contribution in [-0.2, 0) is 16.1 Å². The van der Waals surface area contributed by atoms with Gasteiger partial charge in [-0.25, -0.2) is 0 Å². The molecule has 128 valence electrons. The van der Waals surface area contributed by atoms with Gasteiger partial charge in [-0.3, -0.25) is 9.79 Å². The van der Waals surface area contributed by atoms with Crippen LogP contribution < -0.4 is 10.1 Å². The smallest absolute Gasteiger partial charge is 0.305 e. The van der Waals surface area contributed by atoms with Crippen LogP contribution in [0.1, 0.15) is 25.3 Å². The Hall–Kier alpha value is -2.24. The molecule has 0 unspecified atom stereocenters. The van der Waals surface area contributed by atoms with Crippen LogP contribution in [0.25, 0.3) is 0 Å². The van der Waals surface area contributed by atoms with Gasteiger partial charge in [-0.1, -0.05) is 12.1 Å². The Bertz CT molecular complexity index is 500. The maximum absolute atomic E-state index is 11.3. The second-order valence-corrected chi connectivity index (χ2v) is 5.09. The largest absolute Gasteiger partial charge is 0.497 e. The van der Waals surface area contributed by atoms with Gasteiger partial charge in [-0.05, 0) is 31.0 Å². The molecule has 1 aromatic carbocycles. The summed E-state index contributed by atoms with van der Waals surface area (Å²) >= 11 is 0. The lowest BCUT2D eigenvalue weighted by Crippen LogP contribution is -2.39. The van der Waals surface area contributed by atoms with E-state index >= 15 is 0 Å². The van der Waals surface area contributed by atoms with E-state index in [0.717, 1.165) is 18.3 Å². The average Bonchev–Trinajstić information content (AvgIpc) is 2.55. The number of ether oxygens (including phenoxy) is 2. The van der Waals surface area contributed by atoms with Gasteiger partial charge in [0.25, 0.3) is 0 Å². The van der Waals surface area contributed by atoms with Crippen molar-refractivity contribution in [2.24, 2.45) is 4.99 Å². The van der Waals surface area contributed by atoms with E-state index in [1.807, 2.05) is 43.1 Å². The Morgan fingerprint density at radius 2 is 2.00 bits per heavy atom. The van der Waals surface area contributed by atoms with Crippen LogP contribution in [0.3, 0.4) is 0 Å². The number of nitrogens with zero attached hydrogens (tertiary/aromatic N) is 2. The van der Waals surface area contributed by atoms with Crippen LogP contribution >= 0.6 is 0 Å². The molecule has 0 bridgehead atoms. The zero-order valence-electron chi connectivity index (χ0n) is 14.5. The molecule has 6 nitrogen and oxygen atoms in total. The standard InChI is InChI=1S/C17H27N3O3/c1-5-23-16(21)7-6-12-19-17(18-2)20(3)13-14-8-10-15(22-4)11-9-14/h8-11H,5-7,12-13H2,1-4H3,(H,18,19). The topological polar surface area (TPSA) is 63.2 Å². The molecule has 0 amide bonds. The number of guanidine groups is 1. The average molecular weight is 321 g/mol. The summed E-state index contributed by atoms with van der Waals surface area (Å²) in [7, 11) is 5.38. The summed E-state index contributed by atoms with van der Waals surface area (Å²) < 4.78 is 10.1. The quantitative estimate of drug-likeness (QED) is 0.344. The fourth-order valence-corrected chi connectivity index (χ4v) is 2.13. The first-order valence-electron chi connectivity index (χ1n) is 7.81. The van der Waals surface area contributed by atoms with E-state index in [0.29, 0.717) is 26.0 Å². The van der Waals surface area contributed by atoms with E-state index in [2.05, 4.69) is 10.3 Å². The Balaban J connectivity index is 2.39. The highest BCUT2D eigenvalue weighted by molar-refractivity contribution is 5.79. The Kier molecular flexibility index (Phi) is 8.57. The van der Waals surface area contributed by atoms with Gasteiger partial charge in [0.15, 0.2) is 5.96 Å². The van der Waals surface area contributed by atoms with Crippen LogP contribution in [0.15, 0.2) is 29.3 Å². The van der Waals surface area contributed by atoms with Crippen molar-refractivity contribution < 1.29 is 14.3 Å². The van der Waals surface area contributed by atoms with Gasteiger partial charge in [-0.15, -0.1) is 0 Å². The minimum atomic E-state index is -0.157. The van der Waals surface area contributed by atoms with Crippen LogP contribution in [0.5, 0.6) is 5.75 Å². The van der Waals surface area contributed by atoms with Crippen molar-refractivity contribution in [3.63, 3.8) is 0 Å². The second-order valence-electron chi connectivity index (χ2n) is 5.09. The minimum absolute atomic E-state index is 0.157. The van der Waals surface area contributed by atoms with Crippen molar-refractivity contribution in [3.8, 4) is 5.75 Å². The number of aliphatic imine (C=N–C) groups is 1. The van der Waals surface area contributed by atoms with Crippen LogP contribution in [0.4, 0.5) is 0 Å². The monoisotopic (exact) mass is 321 g/mol. The lowest BCUT2D eigenvalue weighted by Gasteiger charge is -2.22. The SMILES string of the molecule is CCOC(=O)CCCNC(=NC)N(C)Cc1ccc(OC)cc1. The third kappa shape index (κ3) is 7.04. The van der Waals surface area contributed by atoms with Crippen molar-refractivity contribution in [1.82, 2.24) is 10.2 Å². The number of carbonyl (C=O) groups is 1. The zero-order valence-corrected chi connectivity index (χ0v) is 14.5. The molecule has 23 heavy (non-hydrogen) atoms. The predicted molar refractivity (Wildman–Crippen MR) is 91.7 cm³/mol. The van der Waals surface area contributed by atoms with Crippen LogP contribution in [-0.4, -0.2) is 51.2 Å². The molecule has 0 radical (unpaired) electrons. The molecule has 0 saturated heterocycles. The van der Waals surface area contributed by atoms with E-state index in [4.69, 9.17) is 9.47 Å². The fourth-order valence-electron chi connectivity index (χ4n) is 2.13. The van der Waals surface area contributed by atoms with Gasteiger partial charge in [0.2, 0.25) is 0 Å². The number of hydrogen-bond acceptors (Lipinski definition) is 4.